The molecule has 0 saturated heterocycles. The van der Waals surface area contributed by atoms with Crippen molar-refractivity contribution in [2.75, 3.05) is 0 Å². The molecule has 1 unspecified atom stereocenters. The molecule has 4 N–H and O–H groups in total. The van der Waals surface area contributed by atoms with Crippen molar-refractivity contribution in [2.24, 2.45) is 0 Å². The fourth-order valence-electron chi connectivity index (χ4n) is 1.72. The summed E-state index contributed by atoms with van der Waals surface area (Å²) in [5.41, 5.74) is 0.168. The van der Waals surface area contributed by atoms with Crippen LogP contribution in [-0.4, -0.2) is 33.2 Å². The molecule has 0 radical (unpaired) electrons. The normalized spacial score (nSPS) is 11.8. The van der Waals surface area contributed by atoms with Gasteiger partial charge in [-0.1, -0.05) is 13.3 Å². The molecule has 1 rings (SSSR count). The number of rotatable bonds is 6. The first-order chi connectivity index (χ1) is 8.93. The smallest absolute Gasteiger partial charge is 0.305 e. The lowest BCUT2D eigenvalue weighted by Gasteiger charge is -2.16. The van der Waals surface area contributed by atoms with Gasteiger partial charge in [0.2, 0.25) is 0 Å². The van der Waals surface area contributed by atoms with E-state index in [-0.39, 0.29) is 17.7 Å². The molecule has 104 valence electrons. The Morgan fingerprint density at radius 2 is 1.95 bits per heavy atom. The monoisotopic (exact) mass is 267 g/mol. The Kier molecular flexibility index (Phi) is 5.17. The quantitative estimate of drug-likeness (QED) is 0.584. The summed E-state index contributed by atoms with van der Waals surface area (Å²) in [5, 5.41) is 29.8. The number of hydrogen-bond acceptors (Lipinski definition) is 4. The second-order valence-corrected chi connectivity index (χ2v) is 4.26. The second kappa shape index (κ2) is 6.63. The van der Waals surface area contributed by atoms with Crippen LogP contribution in [0, 0.1) is 0 Å². The third kappa shape index (κ3) is 4.50. The van der Waals surface area contributed by atoms with Gasteiger partial charge in [0.05, 0.1) is 6.42 Å². The maximum absolute atomic E-state index is 11.9. The van der Waals surface area contributed by atoms with Crippen LogP contribution < -0.4 is 5.32 Å². The van der Waals surface area contributed by atoms with Crippen LogP contribution in [0.4, 0.5) is 0 Å². The first kappa shape index (κ1) is 14.8. The van der Waals surface area contributed by atoms with Crippen molar-refractivity contribution in [3.05, 3.63) is 23.8 Å². The van der Waals surface area contributed by atoms with Gasteiger partial charge in [-0.15, -0.1) is 0 Å². The highest BCUT2D eigenvalue weighted by Crippen LogP contribution is 2.24. The van der Waals surface area contributed by atoms with E-state index in [9.17, 15) is 14.7 Å². The zero-order valence-electron chi connectivity index (χ0n) is 10.6. The molecule has 1 amide bonds. The highest BCUT2D eigenvalue weighted by Gasteiger charge is 2.17. The summed E-state index contributed by atoms with van der Waals surface area (Å²) in [6.07, 6.45) is 1.16. The van der Waals surface area contributed by atoms with Gasteiger partial charge in [0.25, 0.3) is 5.91 Å². The zero-order chi connectivity index (χ0) is 14.4. The van der Waals surface area contributed by atoms with Crippen molar-refractivity contribution >= 4 is 11.9 Å². The van der Waals surface area contributed by atoms with Crippen molar-refractivity contribution < 1.29 is 24.9 Å². The molecule has 0 aliphatic carbocycles. The predicted molar refractivity (Wildman–Crippen MR) is 68.2 cm³/mol. The topological polar surface area (TPSA) is 107 Å². The van der Waals surface area contributed by atoms with E-state index in [1.165, 1.54) is 12.1 Å². The van der Waals surface area contributed by atoms with E-state index in [4.69, 9.17) is 10.2 Å². The molecule has 0 saturated carbocycles. The van der Waals surface area contributed by atoms with E-state index < -0.39 is 23.7 Å². The van der Waals surface area contributed by atoms with E-state index >= 15 is 0 Å². The fraction of sp³-hybridized carbons (Fsp3) is 0.385. The van der Waals surface area contributed by atoms with Crippen molar-refractivity contribution in [2.45, 2.75) is 32.2 Å². The molecular weight excluding hydrogens is 250 g/mol. The summed E-state index contributed by atoms with van der Waals surface area (Å²) < 4.78 is 0. The Bertz CT molecular complexity index is 472. The number of carbonyl (C=O) groups excluding carboxylic acids is 1. The summed E-state index contributed by atoms with van der Waals surface area (Å²) in [6, 6.07) is 3.24. The van der Waals surface area contributed by atoms with E-state index in [0.29, 0.717) is 6.42 Å². The molecule has 6 heteroatoms. The first-order valence-electron chi connectivity index (χ1n) is 5.98. The molecular formula is C13H17NO5. The molecule has 1 aromatic rings. The van der Waals surface area contributed by atoms with Crippen LogP contribution in [0.1, 0.15) is 36.5 Å². The van der Waals surface area contributed by atoms with Crippen LogP contribution in [0.2, 0.25) is 0 Å². The fourth-order valence-corrected chi connectivity index (χ4v) is 1.72. The largest absolute Gasteiger partial charge is 0.504 e. The van der Waals surface area contributed by atoms with Gasteiger partial charge in [-0.25, -0.2) is 0 Å². The average molecular weight is 267 g/mol. The number of benzene rings is 1. The predicted octanol–water partition coefficient (Wildman–Crippen LogP) is 1.47. The number of aromatic hydroxyl groups is 2. The molecule has 19 heavy (non-hydrogen) atoms. The molecule has 0 bridgehead atoms. The third-order valence-corrected chi connectivity index (χ3v) is 2.63. The average Bonchev–Trinajstić information content (AvgIpc) is 2.32. The molecule has 0 spiro atoms. The molecule has 0 aromatic heterocycles. The van der Waals surface area contributed by atoms with E-state index in [2.05, 4.69) is 5.32 Å². The van der Waals surface area contributed by atoms with Gasteiger partial charge in [0, 0.05) is 11.6 Å². The first-order valence-corrected chi connectivity index (χ1v) is 5.98. The van der Waals surface area contributed by atoms with Gasteiger partial charge in [-0.3, -0.25) is 9.59 Å². The molecule has 0 aliphatic rings. The van der Waals surface area contributed by atoms with Crippen molar-refractivity contribution in [3.8, 4) is 11.5 Å². The van der Waals surface area contributed by atoms with Gasteiger partial charge >= 0.3 is 5.97 Å². The van der Waals surface area contributed by atoms with Crippen LogP contribution >= 0.6 is 0 Å². The van der Waals surface area contributed by atoms with Crippen LogP contribution in [0.15, 0.2) is 18.2 Å². The lowest BCUT2D eigenvalue weighted by Crippen LogP contribution is -2.36. The van der Waals surface area contributed by atoms with E-state index in [1.54, 1.807) is 0 Å². The number of carbonyl (C=O) groups is 2. The van der Waals surface area contributed by atoms with Crippen LogP contribution in [0.5, 0.6) is 11.5 Å². The van der Waals surface area contributed by atoms with Gasteiger partial charge in [0.1, 0.15) is 0 Å². The number of hydrogen-bond donors (Lipinski definition) is 4. The minimum absolute atomic E-state index is 0.149. The Morgan fingerprint density at radius 3 is 2.47 bits per heavy atom. The van der Waals surface area contributed by atoms with Crippen LogP contribution in [-0.2, 0) is 4.79 Å². The van der Waals surface area contributed by atoms with E-state index in [0.717, 1.165) is 12.5 Å². The minimum Gasteiger partial charge on any atom is -0.504 e. The summed E-state index contributed by atoms with van der Waals surface area (Å²) in [5.74, 6) is -2.16. The zero-order valence-corrected chi connectivity index (χ0v) is 10.6. The summed E-state index contributed by atoms with van der Waals surface area (Å²) >= 11 is 0. The Labute approximate surface area is 110 Å². The third-order valence-electron chi connectivity index (χ3n) is 2.63. The van der Waals surface area contributed by atoms with Crippen molar-refractivity contribution in [1.82, 2.24) is 5.32 Å². The number of carboxylic acid groups (broad SMARTS) is 1. The molecule has 6 nitrogen and oxygen atoms in total. The highest BCUT2D eigenvalue weighted by atomic mass is 16.4. The standard InChI is InChI=1S/C13H17NO5/c1-2-3-9(7-12(17)18)14-13(19)8-4-5-10(15)11(16)6-8/h4-6,9,15-16H,2-3,7H2,1H3,(H,14,19)(H,17,18). The summed E-state index contributed by atoms with van der Waals surface area (Å²) in [4.78, 5) is 22.6. The van der Waals surface area contributed by atoms with Crippen LogP contribution in [0.25, 0.3) is 0 Å². The Morgan fingerprint density at radius 1 is 1.26 bits per heavy atom. The molecule has 0 heterocycles. The number of amides is 1. The minimum atomic E-state index is -0.979. The van der Waals surface area contributed by atoms with Crippen molar-refractivity contribution in [3.63, 3.8) is 0 Å². The lowest BCUT2D eigenvalue weighted by molar-refractivity contribution is -0.137. The summed E-state index contributed by atoms with van der Waals surface area (Å²) in [6.45, 7) is 1.90. The van der Waals surface area contributed by atoms with Gasteiger partial charge in [0.15, 0.2) is 11.5 Å². The van der Waals surface area contributed by atoms with Gasteiger partial charge < -0.3 is 20.6 Å². The number of nitrogens with one attached hydrogen (secondary N) is 1. The number of phenols is 2. The Balaban J connectivity index is 2.75. The number of aliphatic carboxylic acids is 1. The maximum atomic E-state index is 11.9. The maximum Gasteiger partial charge on any atom is 0.305 e. The number of carboxylic acids is 1. The van der Waals surface area contributed by atoms with Crippen LogP contribution in [0.3, 0.4) is 0 Å². The molecule has 0 aliphatic heterocycles. The lowest BCUT2D eigenvalue weighted by atomic mass is 10.1. The highest BCUT2D eigenvalue weighted by molar-refractivity contribution is 5.95. The van der Waals surface area contributed by atoms with Crippen molar-refractivity contribution in [1.29, 1.82) is 0 Å². The van der Waals surface area contributed by atoms with Gasteiger partial charge in [-0.2, -0.15) is 0 Å². The number of phenolic OH excluding ortho intramolecular Hbond substituents is 2. The molecule has 1 aromatic carbocycles. The SMILES string of the molecule is CCCC(CC(=O)O)NC(=O)c1ccc(O)c(O)c1. The van der Waals surface area contributed by atoms with Gasteiger partial charge in [-0.05, 0) is 24.6 Å². The molecule has 1 atom stereocenters. The molecule has 0 fully saturated rings. The van der Waals surface area contributed by atoms with E-state index in [1.807, 2.05) is 6.92 Å². The second-order valence-electron chi connectivity index (χ2n) is 4.26. The Hall–Kier alpha value is -2.24. The summed E-state index contributed by atoms with van der Waals surface area (Å²) in [7, 11) is 0.